The second-order valence-corrected chi connectivity index (χ2v) is 3.37. The molecule has 1 rings (SSSR count). The molecule has 74 valence electrons. The third-order valence-corrected chi connectivity index (χ3v) is 2.13. The molecular formula is C8H13ClN2O2. The third kappa shape index (κ3) is 3.22. The Hall–Kier alpha value is -0.770. The fraction of sp³-hybridized carbons (Fsp3) is 0.750. The zero-order valence-electron chi connectivity index (χ0n) is 7.31. The van der Waals surface area contributed by atoms with Gasteiger partial charge in [0.1, 0.15) is 6.04 Å². The summed E-state index contributed by atoms with van der Waals surface area (Å²) in [5.41, 5.74) is 0. The molecule has 2 amide bonds. The van der Waals surface area contributed by atoms with E-state index in [1.165, 1.54) is 0 Å². The quantitative estimate of drug-likeness (QED) is 0.637. The Labute approximate surface area is 82.0 Å². The number of amides is 2. The highest BCUT2D eigenvalue weighted by atomic mass is 35.5. The van der Waals surface area contributed by atoms with Crippen molar-refractivity contribution in [3.05, 3.63) is 0 Å². The maximum atomic E-state index is 11.2. The molecule has 0 spiro atoms. The van der Waals surface area contributed by atoms with Crippen molar-refractivity contribution in [1.29, 1.82) is 0 Å². The second kappa shape index (κ2) is 5.07. The van der Waals surface area contributed by atoms with Gasteiger partial charge in [-0.25, -0.2) is 0 Å². The summed E-state index contributed by atoms with van der Waals surface area (Å²) in [7, 11) is 0. The molecule has 1 saturated heterocycles. The van der Waals surface area contributed by atoms with Crippen LogP contribution < -0.4 is 10.6 Å². The Morgan fingerprint density at radius 1 is 1.69 bits per heavy atom. The minimum absolute atomic E-state index is 0.0887. The number of rotatable bonds is 3. The summed E-state index contributed by atoms with van der Waals surface area (Å²) in [6, 6.07) is -0.357. The molecule has 2 N–H and O–H groups in total. The zero-order valence-corrected chi connectivity index (χ0v) is 8.06. The Bertz CT molecular complexity index is 208. The van der Waals surface area contributed by atoms with Crippen LogP contribution in [0.3, 0.4) is 0 Å². The van der Waals surface area contributed by atoms with Gasteiger partial charge in [-0.2, -0.15) is 0 Å². The van der Waals surface area contributed by atoms with Gasteiger partial charge in [0.05, 0.1) is 0 Å². The molecule has 0 aromatic heterocycles. The predicted octanol–water partition coefficient (Wildman–Crippen LogP) is 0.0101. The molecule has 0 radical (unpaired) electrons. The van der Waals surface area contributed by atoms with E-state index in [0.29, 0.717) is 12.4 Å². The molecule has 1 atom stereocenters. The van der Waals surface area contributed by atoms with Crippen LogP contribution in [0, 0.1) is 0 Å². The van der Waals surface area contributed by atoms with Gasteiger partial charge in [0.15, 0.2) is 0 Å². The van der Waals surface area contributed by atoms with E-state index in [1.54, 1.807) is 0 Å². The van der Waals surface area contributed by atoms with Gasteiger partial charge in [-0.15, -0.1) is 11.6 Å². The summed E-state index contributed by atoms with van der Waals surface area (Å²) in [5, 5.41) is 5.33. The van der Waals surface area contributed by atoms with Crippen LogP contribution in [-0.2, 0) is 9.59 Å². The Balaban J connectivity index is 2.33. The monoisotopic (exact) mass is 204 g/mol. The fourth-order valence-corrected chi connectivity index (χ4v) is 1.43. The van der Waals surface area contributed by atoms with Crippen molar-refractivity contribution in [3.63, 3.8) is 0 Å². The summed E-state index contributed by atoms with van der Waals surface area (Å²) in [6.45, 7) is 0.709. The Morgan fingerprint density at radius 2 is 2.46 bits per heavy atom. The molecule has 1 aliphatic heterocycles. The van der Waals surface area contributed by atoms with E-state index >= 15 is 0 Å². The molecule has 13 heavy (non-hydrogen) atoms. The second-order valence-electron chi connectivity index (χ2n) is 2.99. The molecule has 0 bridgehead atoms. The molecule has 1 heterocycles. The van der Waals surface area contributed by atoms with Gasteiger partial charge in [-0.1, -0.05) is 0 Å². The maximum absolute atomic E-state index is 11.2. The van der Waals surface area contributed by atoms with Gasteiger partial charge < -0.3 is 10.6 Å². The highest BCUT2D eigenvalue weighted by Gasteiger charge is 2.22. The normalized spacial score (nSPS) is 22.2. The summed E-state index contributed by atoms with van der Waals surface area (Å²) < 4.78 is 0. The van der Waals surface area contributed by atoms with Gasteiger partial charge in [0.2, 0.25) is 11.8 Å². The van der Waals surface area contributed by atoms with Crippen molar-refractivity contribution in [2.75, 3.05) is 12.4 Å². The number of carbonyl (C=O) groups is 2. The van der Waals surface area contributed by atoms with E-state index in [-0.39, 0.29) is 24.3 Å². The number of alkyl halides is 1. The topological polar surface area (TPSA) is 58.2 Å². The highest BCUT2D eigenvalue weighted by Crippen LogP contribution is 2.02. The SMILES string of the molecule is O=C(CCCl)NC1CCCNC1=O. The minimum atomic E-state index is -0.357. The molecule has 1 aliphatic rings. The van der Waals surface area contributed by atoms with Crippen molar-refractivity contribution >= 4 is 23.4 Å². The highest BCUT2D eigenvalue weighted by molar-refractivity contribution is 6.18. The van der Waals surface area contributed by atoms with E-state index in [0.717, 1.165) is 12.8 Å². The van der Waals surface area contributed by atoms with Crippen LogP contribution in [0.4, 0.5) is 0 Å². The van der Waals surface area contributed by atoms with Crippen molar-refractivity contribution < 1.29 is 9.59 Å². The van der Waals surface area contributed by atoms with Gasteiger partial charge in [-0.3, -0.25) is 9.59 Å². The average Bonchev–Trinajstić information content (AvgIpc) is 2.09. The molecular weight excluding hydrogens is 192 g/mol. The van der Waals surface area contributed by atoms with Crippen molar-refractivity contribution in [2.45, 2.75) is 25.3 Å². The first-order valence-corrected chi connectivity index (χ1v) is 4.90. The summed E-state index contributed by atoms with van der Waals surface area (Å²) in [6.07, 6.45) is 1.91. The Morgan fingerprint density at radius 3 is 3.08 bits per heavy atom. The predicted molar refractivity (Wildman–Crippen MR) is 49.5 cm³/mol. The summed E-state index contributed by atoms with van der Waals surface area (Å²) >= 11 is 5.39. The van der Waals surface area contributed by atoms with Gasteiger partial charge in [-0.05, 0) is 12.8 Å². The van der Waals surface area contributed by atoms with Gasteiger partial charge in [0, 0.05) is 18.8 Å². The molecule has 1 fully saturated rings. The fourth-order valence-electron chi connectivity index (χ4n) is 1.26. The Kier molecular flexibility index (Phi) is 4.02. The number of piperidine rings is 1. The van der Waals surface area contributed by atoms with E-state index in [1.807, 2.05) is 0 Å². The number of hydrogen-bond acceptors (Lipinski definition) is 2. The van der Waals surface area contributed by atoms with Crippen LogP contribution in [0.25, 0.3) is 0 Å². The summed E-state index contributed by atoms with van der Waals surface area (Å²) in [5.74, 6) is 0.0476. The first kappa shape index (κ1) is 10.3. The van der Waals surface area contributed by atoms with Crippen LogP contribution in [-0.4, -0.2) is 30.3 Å². The molecule has 0 aromatic rings. The van der Waals surface area contributed by atoms with Crippen LogP contribution in [0.15, 0.2) is 0 Å². The lowest BCUT2D eigenvalue weighted by atomic mass is 10.1. The average molecular weight is 205 g/mol. The zero-order chi connectivity index (χ0) is 9.68. The lowest BCUT2D eigenvalue weighted by molar-refractivity contribution is -0.129. The molecule has 5 heteroatoms. The number of nitrogens with one attached hydrogen (secondary N) is 2. The molecule has 0 aromatic carbocycles. The smallest absolute Gasteiger partial charge is 0.242 e. The van der Waals surface area contributed by atoms with Crippen molar-refractivity contribution in [2.24, 2.45) is 0 Å². The molecule has 4 nitrogen and oxygen atoms in total. The molecule has 0 saturated carbocycles. The lowest BCUT2D eigenvalue weighted by Crippen LogP contribution is -2.50. The lowest BCUT2D eigenvalue weighted by Gasteiger charge is -2.22. The molecule has 0 aliphatic carbocycles. The van der Waals surface area contributed by atoms with E-state index < -0.39 is 0 Å². The van der Waals surface area contributed by atoms with E-state index in [4.69, 9.17) is 11.6 Å². The first-order chi connectivity index (χ1) is 6.24. The number of carbonyl (C=O) groups excluding carboxylic acids is 2. The molecule has 1 unspecified atom stereocenters. The number of hydrogen-bond donors (Lipinski definition) is 2. The standard InChI is InChI=1S/C8H13ClN2O2/c9-4-3-7(12)11-6-2-1-5-10-8(6)13/h6H,1-5H2,(H,10,13)(H,11,12). The van der Waals surface area contributed by atoms with Crippen molar-refractivity contribution in [1.82, 2.24) is 10.6 Å². The van der Waals surface area contributed by atoms with E-state index in [2.05, 4.69) is 10.6 Å². The number of halogens is 1. The van der Waals surface area contributed by atoms with Crippen LogP contribution in [0.2, 0.25) is 0 Å². The van der Waals surface area contributed by atoms with Crippen molar-refractivity contribution in [3.8, 4) is 0 Å². The van der Waals surface area contributed by atoms with Crippen LogP contribution in [0.5, 0.6) is 0 Å². The van der Waals surface area contributed by atoms with Crippen LogP contribution >= 0.6 is 11.6 Å². The minimum Gasteiger partial charge on any atom is -0.354 e. The summed E-state index contributed by atoms with van der Waals surface area (Å²) in [4.78, 5) is 22.3. The third-order valence-electron chi connectivity index (χ3n) is 1.94. The van der Waals surface area contributed by atoms with Gasteiger partial charge in [0.25, 0.3) is 0 Å². The van der Waals surface area contributed by atoms with E-state index in [9.17, 15) is 9.59 Å². The van der Waals surface area contributed by atoms with Crippen LogP contribution in [0.1, 0.15) is 19.3 Å². The maximum Gasteiger partial charge on any atom is 0.242 e. The van der Waals surface area contributed by atoms with Gasteiger partial charge >= 0.3 is 0 Å². The first-order valence-electron chi connectivity index (χ1n) is 4.37. The largest absolute Gasteiger partial charge is 0.354 e.